The molecular formula is C26H30N6O. The normalized spacial score (nSPS) is 18.5. The van der Waals surface area contributed by atoms with E-state index in [1.165, 1.54) is 32.4 Å². The quantitative estimate of drug-likeness (QED) is 0.611. The van der Waals surface area contributed by atoms with Crippen LogP contribution in [0.5, 0.6) is 0 Å². The zero-order valence-corrected chi connectivity index (χ0v) is 19.5. The Labute approximate surface area is 194 Å². The smallest absolute Gasteiger partial charge is 0.162 e. The van der Waals surface area contributed by atoms with Gasteiger partial charge in [-0.15, -0.1) is 0 Å². The Morgan fingerprint density at radius 2 is 1.73 bits per heavy atom. The van der Waals surface area contributed by atoms with Gasteiger partial charge < -0.3 is 14.9 Å². The van der Waals surface area contributed by atoms with Gasteiger partial charge in [-0.25, -0.2) is 15.0 Å². The summed E-state index contributed by atoms with van der Waals surface area (Å²) >= 11 is 0. The van der Waals surface area contributed by atoms with Crippen molar-refractivity contribution in [2.45, 2.75) is 38.7 Å². The van der Waals surface area contributed by atoms with Crippen LogP contribution in [-0.4, -0.2) is 68.8 Å². The van der Waals surface area contributed by atoms with Crippen molar-refractivity contribution in [3.8, 4) is 23.2 Å². The molecule has 0 aromatic carbocycles. The molecule has 7 nitrogen and oxygen atoms in total. The van der Waals surface area contributed by atoms with E-state index >= 15 is 0 Å². The van der Waals surface area contributed by atoms with Crippen LogP contribution in [0.4, 0.5) is 5.82 Å². The Bertz CT molecular complexity index is 1220. The first kappa shape index (κ1) is 21.7. The van der Waals surface area contributed by atoms with E-state index in [-0.39, 0.29) is 0 Å². The van der Waals surface area contributed by atoms with Crippen LogP contribution in [-0.2, 0) is 0 Å². The molecule has 170 valence electrons. The summed E-state index contributed by atoms with van der Waals surface area (Å²) in [5.41, 5.74) is 1.51. The predicted octanol–water partition coefficient (Wildman–Crippen LogP) is 3.13. The summed E-state index contributed by atoms with van der Waals surface area (Å²) in [7, 11) is 2.23. The number of piperidine rings is 1. The van der Waals surface area contributed by atoms with Gasteiger partial charge in [-0.2, -0.15) is 0 Å². The first-order valence-corrected chi connectivity index (χ1v) is 11.6. The standard InChI is InChI=1S/C26H30N6O/c1-25(2,33)8-4-21-22-20(7-14-28-21)24(30-23(29-22)19-5-12-27-13-6-19)32-16-10-26(11-17-32)9-15-31(3)18-26/h5-7,12-14,33H,9-11,15-18H2,1-3H3. The zero-order valence-electron chi connectivity index (χ0n) is 19.5. The molecule has 33 heavy (non-hydrogen) atoms. The van der Waals surface area contributed by atoms with Crippen molar-refractivity contribution >= 4 is 16.7 Å². The number of nitrogens with zero attached hydrogens (tertiary/aromatic N) is 6. The number of likely N-dealkylation sites (tertiary alicyclic amines) is 1. The zero-order chi connectivity index (χ0) is 23.1. The van der Waals surface area contributed by atoms with Crippen LogP contribution in [0.2, 0.25) is 0 Å². The van der Waals surface area contributed by atoms with E-state index in [9.17, 15) is 5.11 Å². The van der Waals surface area contributed by atoms with Crippen LogP contribution in [0.15, 0.2) is 36.8 Å². The maximum Gasteiger partial charge on any atom is 0.162 e. The van der Waals surface area contributed by atoms with Crippen molar-refractivity contribution in [2.75, 3.05) is 38.1 Å². The predicted molar refractivity (Wildman–Crippen MR) is 130 cm³/mol. The molecule has 0 radical (unpaired) electrons. The molecule has 2 fully saturated rings. The third-order valence-electron chi connectivity index (χ3n) is 6.77. The minimum Gasteiger partial charge on any atom is -0.378 e. The third-order valence-corrected chi connectivity index (χ3v) is 6.77. The minimum atomic E-state index is -1.11. The van der Waals surface area contributed by atoms with Gasteiger partial charge in [0, 0.05) is 49.2 Å². The molecule has 0 aliphatic carbocycles. The molecule has 2 aliphatic heterocycles. The van der Waals surface area contributed by atoms with Crippen molar-refractivity contribution in [2.24, 2.45) is 5.41 Å². The van der Waals surface area contributed by atoms with Gasteiger partial charge in [0.1, 0.15) is 22.6 Å². The second-order valence-electron chi connectivity index (χ2n) is 9.95. The Kier molecular flexibility index (Phi) is 5.51. The highest BCUT2D eigenvalue weighted by Gasteiger charge is 2.39. The molecule has 1 spiro atoms. The fraction of sp³-hybridized carbons (Fsp3) is 0.462. The number of hydrogen-bond acceptors (Lipinski definition) is 7. The minimum absolute atomic E-state index is 0.437. The Balaban J connectivity index is 1.59. The first-order valence-electron chi connectivity index (χ1n) is 11.6. The van der Waals surface area contributed by atoms with Crippen molar-refractivity contribution in [3.63, 3.8) is 0 Å². The van der Waals surface area contributed by atoms with Crippen molar-refractivity contribution in [1.82, 2.24) is 24.8 Å². The van der Waals surface area contributed by atoms with E-state index in [1.807, 2.05) is 18.2 Å². The molecule has 3 aromatic heterocycles. The van der Waals surface area contributed by atoms with Gasteiger partial charge in [-0.1, -0.05) is 5.92 Å². The SMILES string of the molecule is CN1CCC2(CCN(c3nc(-c4ccncc4)nc4c(C#CC(C)(C)O)nccc34)CC2)C1. The Morgan fingerprint density at radius 1 is 1.00 bits per heavy atom. The number of pyridine rings is 2. The van der Waals surface area contributed by atoms with Gasteiger partial charge in [0.25, 0.3) is 0 Å². The van der Waals surface area contributed by atoms with E-state index in [0.29, 0.717) is 22.5 Å². The summed E-state index contributed by atoms with van der Waals surface area (Å²) in [6.45, 7) is 7.66. The summed E-state index contributed by atoms with van der Waals surface area (Å²) in [6, 6.07) is 5.82. The lowest BCUT2D eigenvalue weighted by atomic mass is 9.78. The fourth-order valence-electron chi connectivity index (χ4n) is 4.97. The van der Waals surface area contributed by atoms with E-state index < -0.39 is 5.60 Å². The molecule has 5 heterocycles. The van der Waals surface area contributed by atoms with Crippen molar-refractivity contribution in [3.05, 3.63) is 42.5 Å². The molecule has 0 bridgehead atoms. The van der Waals surface area contributed by atoms with Crippen LogP contribution in [0.3, 0.4) is 0 Å². The lowest BCUT2D eigenvalue weighted by molar-refractivity contribution is 0.143. The number of rotatable bonds is 2. The van der Waals surface area contributed by atoms with Crippen LogP contribution >= 0.6 is 0 Å². The van der Waals surface area contributed by atoms with E-state index in [2.05, 4.69) is 38.7 Å². The maximum atomic E-state index is 10.1. The molecule has 2 saturated heterocycles. The van der Waals surface area contributed by atoms with Crippen LogP contribution in [0, 0.1) is 17.3 Å². The average molecular weight is 443 g/mol. The average Bonchev–Trinajstić information content (AvgIpc) is 3.17. The van der Waals surface area contributed by atoms with Gasteiger partial charge in [-0.05, 0) is 76.2 Å². The van der Waals surface area contributed by atoms with Gasteiger partial charge in [0.05, 0.1) is 0 Å². The largest absolute Gasteiger partial charge is 0.378 e. The molecule has 5 rings (SSSR count). The fourth-order valence-corrected chi connectivity index (χ4v) is 4.97. The Morgan fingerprint density at radius 3 is 2.39 bits per heavy atom. The topological polar surface area (TPSA) is 78.3 Å². The third kappa shape index (κ3) is 4.54. The summed E-state index contributed by atoms with van der Waals surface area (Å²) in [5, 5.41) is 11.1. The molecule has 0 atom stereocenters. The molecule has 7 heteroatoms. The number of aliphatic hydroxyl groups is 1. The lowest BCUT2D eigenvalue weighted by Crippen LogP contribution is -2.41. The highest BCUT2D eigenvalue weighted by Crippen LogP contribution is 2.41. The molecule has 2 aliphatic rings. The van der Waals surface area contributed by atoms with Gasteiger partial charge in [0.15, 0.2) is 5.82 Å². The second kappa shape index (κ2) is 8.36. The maximum absolute atomic E-state index is 10.1. The lowest BCUT2D eigenvalue weighted by Gasteiger charge is -2.40. The van der Waals surface area contributed by atoms with Crippen molar-refractivity contribution < 1.29 is 5.11 Å². The second-order valence-corrected chi connectivity index (χ2v) is 9.95. The molecular weight excluding hydrogens is 412 g/mol. The van der Waals surface area contributed by atoms with Gasteiger partial charge in [0.2, 0.25) is 0 Å². The molecule has 0 saturated carbocycles. The molecule has 0 unspecified atom stereocenters. The number of aromatic nitrogens is 4. The number of anilines is 1. The molecule has 1 N–H and O–H groups in total. The summed E-state index contributed by atoms with van der Waals surface area (Å²) in [6.07, 6.45) is 8.88. The van der Waals surface area contributed by atoms with E-state index in [4.69, 9.17) is 9.97 Å². The molecule has 0 amide bonds. The monoisotopic (exact) mass is 442 g/mol. The van der Waals surface area contributed by atoms with Crippen molar-refractivity contribution in [1.29, 1.82) is 0 Å². The Hall–Kier alpha value is -3.08. The van der Waals surface area contributed by atoms with Crippen LogP contribution in [0.25, 0.3) is 22.3 Å². The number of hydrogen-bond donors (Lipinski definition) is 1. The van der Waals surface area contributed by atoms with Gasteiger partial charge in [-0.3, -0.25) is 4.98 Å². The van der Waals surface area contributed by atoms with E-state index in [0.717, 1.165) is 29.9 Å². The summed E-state index contributed by atoms with van der Waals surface area (Å²) in [4.78, 5) is 23.4. The van der Waals surface area contributed by atoms with Gasteiger partial charge >= 0.3 is 0 Å². The molecule has 3 aromatic rings. The van der Waals surface area contributed by atoms with Crippen LogP contribution in [0.1, 0.15) is 38.8 Å². The number of fused-ring (bicyclic) bond motifs is 1. The highest BCUT2D eigenvalue weighted by atomic mass is 16.3. The summed E-state index contributed by atoms with van der Waals surface area (Å²) < 4.78 is 0. The van der Waals surface area contributed by atoms with E-state index in [1.54, 1.807) is 32.4 Å². The highest BCUT2D eigenvalue weighted by molar-refractivity contribution is 5.93. The first-order chi connectivity index (χ1) is 15.8. The summed E-state index contributed by atoms with van der Waals surface area (Å²) in [5.74, 6) is 7.49. The van der Waals surface area contributed by atoms with Crippen LogP contribution < -0.4 is 4.90 Å².